The molecule has 5 nitrogen and oxygen atoms in total. The molecule has 1 heterocycles. The zero-order valence-corrected chi connectivity index (χ0v) is 9.00. The summed E-state index contributed by atoms with van der Waals surface area (Å²) >= 11 is 0. The summed E-state index contributed by atoms with van der Waals surface area (Å²) in [6.07, 6.45) is 7.40. The van der Waals surface area contributed by atoms with Crippen molar-refractivity contribution in [3.63, 3.8) is 0 Å². The standard InChI is InChI=1S/C10H17N3O2/c1-12-10(8-5-3-2-4-6-8)9(7-11-12)13(14)15/h7-10H,2-6H2,1H3. The van der Waals surface area contributed by atoms with Crippen molar-refractivity contribution in [2.45, 2.75) is 44.2 Å². The van der Waals surface area contributed by atoms with Gasteiger partial charge in [-0.25, -0.2) is 0 Å². The van der Waals surface area contributed by atoms with Crippen molar-refractivity contribution in [1.29, 1.82) is 0 Å². The highest BCUT2D eigenvalue weighted by Gasteiger charge is 2.42. The number of rotatable bonds is 2. The Bertz CT molecular complexity index is 274. The molecule has 1 aliphatic carbocycles. The first kappa shape index (κ1) is 10.4. The third kappa shape index (κ3) is 1.96. The van der Waals surface area contributed by atoms with Crippen LogP contribution in [0.2, 0.25) is 0 Å². The van der Waals surface area contributed by atoms with Gasteiger partial charge in [-0.1, -0.05) is 19.3 Å². The van der Waals surface area contributed by atoms with Crippen molar-refractivity contribution in [3.8, 4) is 0 Å². The Kier molecular flexibility index (Phi) is 2.88. The molecule has 1 saturated carbocycles. The topological polar surface area (TPSA) is 58.7 Å². The largest absolute Gasteiger partial charge is 0.289 e. The molecule has 0 N–H and O–H groups in total. The van der Waals surface area contributed by atoms with Crippen molar-refractivity contribution in [3.05, 3.63) is 10.1 Å². The zero-order chi connectivity index (χ0) is 10.8. The Morgan fingerprint density at radius 2 is 2.07 bits per heavy atom. The highest BCUT2D eigenvalue weighted by Crippen LogP contribution is 2.32. The molecule has 0 spiro atoms. The molecule has 1 fully saturated rings. The molecule has 0 radical (unpaired) electrons. The summed E-state index contributed by atoms with van der Waals surface area (Å²) in [4.78, 5) is 10.7. The van der Waals surface area contributed by atoms with Crippen LogP contribution in [0.25, 0.3) is 0 Å². The number of hydrogen-bond acceptors (Lipinski definition) is 4. The molecule has 84 valence electrons. The Morgan fingerprint density at radius 3 is 2.67 bits per heavy atom. The molecular formula is C10H17N3O2. The molecule has 2 aliphatic rings. The smallest absolute Gasteiger partial charge is 0.271 e. The monoisotopic (exact) mass is 211 g/mol. The van der Waals surface area contributed by atoms with Gasteiger partial charge in [-0.3, -0.25) is 15.1 Å². The first-order valence-corrected chi connectivity index (χ1v) is 5.60. The lowest BCUT2D eigenvalue weighted by Crippen LogP contribution is -2.44. The quantitative estimate of drug-likeness (QED) is 0.514. The van der Waals surface area contributed by atoms with E-state index < -0.39 is 6.04 Å². The van der Waals surface area contributed by atoms with E-state index in [1.807, 2.05) is 7.05 Å². The Balaban J connectivity index is 2.07. The molecule has 0 bridgehead atoms. The van der Waals surface area contributed by atoms with Gasteiger partial charge >= 0.3 is 0 Å². The minimum atomic E-state index is -0.599. The van der Waals surface area contributed by atoms with Crippen molar-refractivity contribution in [2.75, 3.05) is 7.05 Å². The van der Waals surface area contributed by atoms with Gasteiger partial charge in [-0.2, -0.15) is 5.10 Å². The van der Waals surface area contributed by atoms with Crippen LogP contribution in [0.1, 0.15) is 32.1 Å². The van der Waals surface area contributed by atoms with Gasteiger partial charge in [0.2, 0.25) is 0 Å². The molecule has 0 aromatic heterocycles. The van der Waals surface area contributed by atoms with Gasteiger partial charge in [0.15, 0.2) is 0 Å². The molecule has 2 unspecified atom stereocenters. The SMILES string of the molecule is CN1N=CC([N+](=O)[O-])C1C1CCCCC1. The Labute approximate surface area is 89.3 Å². The summed E-state index contributed by atoms with van der Waals surface area (Å²) in [5, 5.41) is 16.7. The number of hydrogen-bond donors (Lipinski definition) is 0. The molecule has 0 saturated heterocycles. The van der Waals surface area contributed by atoms with E-state index in [2.05, 4.69) is 5.10 Å². The van der Waals surface area contributed by atoms with Gasteiger partial charge in [0, 0.05) is 12.0 Å². The molecule has 0 aromatic carbocycles. The summed E-state index contributed by atoms with van der Waals surface area (Å²) in [6, 6.07) is -0.613. The first-order chi connectivity index (χ1) is 7.20. The molecule has 1 aliphatic heterocycles. The van der Waals surface area contributed by atoms with Crippen LogP contribution in [0.3, 0.4) is 0 Å². The van der Waals surface area contributed by atoms with E-state index in [-0.39, 0.29) is 11.0 Å². The van der Waals surface area contributed by atoms with Crippen LogP contribution in [-0.4, -0.2) is 35.3 Å². The second-order valence-electron chi connectivity index (χ2n) is 4.50. The number of nitro groups is 1. The number of hydrazone groups is 1. The van der Waals surface area contributed by atoms with Crippen LogP contribution >= 0.6 is 0 Å². The third-order valence-corrected chi connectivity index (χ3v) is 3.56. The molecule has 0 aromatic rings. The molecule has 15 heavy (non-hydrogen) atoms. The van der Waals surface area contributed by atoms with E-state index in [0.717, 1.165) is 12.8 Å². The summed E-state index contributed by atoms with van der Waals surface area (Å²) in [5.41, 5.74) is 0. The van der Waals surface area contributed by atoms with Gasteiger partial charge in [0.25, 0.3) is 6.04 Å². The highest BCUT2D eigenvalue weighted by atomic mass is 16.6. The van der Waals surface area contributed by atoms with E-state index in [9.17, 15) is 10.1 Å². The zero-order valence-electron chi connectivity index (χ0n) is 9.00. The van der Waals surface area contributed by atoms with Crippen molar-refractivity contribution in [1.82, 2.24) is 5.01 Å². The lowest BCUT2D eigenvalue weighted by atomic mass is 9.81. The minimum Gasteiger partial charge on any atom is -0.289 e. The normalized spacial score (nSPS) is 32.2. The van der Waals surface area contributed by atoms with Crippen LogP contribution < -0.4 is 0 Å². The second-order valence-corrected chi connectivity index (χ2v) is 4.50. The summed E-state index contributed by atoms with van der Waals surface area (Å²) in [7, 11) is 1.85. The summed E-state index contributed by atoms with van der Waals surface area (Å²) in [6.45, 7) is 0. The second kappa shape index (κ2) is 4.16. The first-order valence-electron chi connectivity index (χ1n) is 5.60. The highest BCUT2D eigenvalue weighted by molar-refractivity contribution is 5.65. The van der Waals surface area contributed by atoms with Crippen molar-refractivity contribution in [2.24, 2.45) is 11.0 Å². The lowest BCUT2D eigenvalue weighted by Gasteiger charge is -2.31. The molecule has 5 heteroatoms. The van der Waals surface area contributed by atoms with Gasteiger partial charge in [-0.05, 0) is 18.8 Å². The van der Waals surface area contributed by atoms with Crippen molar-refractivity contribution < 1.29 is 4.92 Å². The van der Waals surface area contributed by atoms with Crippen LogP contribution in [0.5, 0.6) is 0 Å². The maximum absolute atomic E-state index is 10.9. The number of nitrogens with zero attached hydrogens (tertiary/aromatic N) is 3. The summed E-state index contributed by atoms with van der Waals surface area (Å²) in [5.74, 6) is 0.446. The van der Waals surface area contributed by atoms with Crippen LogP contribution in [-0.2, 0) is 0 Å². The average molecular weight is 211 g/mol. The Hall–Kier alpha value is -1.13. The van der Waals surface area contributed by atoms with Gasteiger partial charge < -0.3 is 0 Å². The third-order valence-electron chi connectivity index (χ3n) is 3.56. The average Bonchev–Trinajstić information content (AvgIpc) is 2.61. The molecule has 2 atom stereocenters. The minimum absolute atomic E-state index is 0.0136. The maximum Gasteiger partial charge on any atom is 0.271 e. The van der Waals surface area contributed by atoms with Crippen LogP contribution in [0, 0.1) is 16.0 Å². The van der Waals surface area contributed by atoms with Gasteiger partial charge in [0.1, 0.15) is 12.3 Å². The lowest BCUT2D eigenvalue weighted by molar-refractivity contribution is -0.508. The van der Waals surface area contributed by atoms with Crippen LogP contribution in [0.15, 0.2) is 5.10 Å². The van der Waals surface area contributed by atoms with E-state index in [4.69, 9.17) is 0 Å². The maximum atomic E-state index is 10.9. The van der Waals surface area contributed by atoms with E-state index in [1.54, 1.807) is 5.01 Å². The Morgan fingerprint density at radius 1 is 1.40 bits per heavy atom. The fourth-order valence-electron chi connectivity index (χ4n) is 2.80. The predicted octanol–water partition coefficient (Wildman–Crippen LogP) is 1.51. The summed E-state index contributed by atoms with van der Waals surface area (Å²) < 4.78 is 0. The fourth-order valence-corrected chi connectivity index (χ4v) is 2.80. The van der Waals surface area contributed by atoms with Crippen molar-refractivity contribution >= 4 is 6.21 Å². The van der Waals surface area contributed by atoms with Gasteiger partial charge in [-0.15, -0.1) is 0 Å². The number of likely N-dealkylation sites (N-methyl/N-ethyl adjacent to an activating group) is 1. The molecule has 0 amide bonds. The van der Waals surface area contributed by atoms with E-state index >= 15 is 0 Å². The predicted molar refractivity (Wildman–Crippen MR) is 57.4 cm³/mol. The molecule has 2 rings (SSSR count). The molecular weight excluding hydrogens is 194 g/mol. The van der Waals surface area contributed by atoms with Crippen LogP contribution in [0.4, 0.5) is 0 Å². The van der Waals surface area contributed by atoms with E-state index in [0.29, 0.717) is 5.92 Å². The van der Waals surface area contributed by atoms with Gasteiger partial charge in [0.05, 0.1) is 0 Å². The van der Waals surface area contributed by atoms with E-state index in [1.165, 1.54) is 25.5 Å². The fraction of sp³-hybridized carbons (Fsp3) is 0.900.